The molecule has 3 rings (SSSR count). The second-order valence-corrected chi connectivity index (χ2v) is 6.39. The Bertz CT molecular complexity index is 1130. The van der Waals surface area contributed by atoms with Gasteiger partial charge in [-0.3, -0.25) is 0 Å². The molecule has 0 atom stereocenters. The minimum Gasteiger partial charge on any atom is -0.0622 e. The van der Waals surface area contributed by atoms with E-state index in [2.05, 4.69) is 54.6 Å². The first-order valence-electron chi connectivity index (χ1n) is 9.43. The zero-order chi connectivity index (χ0) is 19.8. The van der Waals surface area contributed by atoms with E-state index in [1.807, 2.05) is 42.5 Å². The summed E-state index contributed by atoms with van der Waals surface area (Å²) in [6.07, 6.45) is 1.81. The maximum atomic E-state index is 8.78. The molecule has 0 heterocycles. The van der Waals surface area contributed by atoms with Crippen molar-refractivity contribution >= 4 is 5.69 Å². The van der Waals surface area contributed by atoms with Crippen LogP contribution in [-0.4, -0.2) is 0 Å². The van der Waals surface area contributed by atoms with E-state index >= 15 is 0 Å². The summed E-state index contributed by atoms with van der Waals surface area (Å²) in [4.78, 5) is 3.17. The first kappa shape index (κ1) is 19.0. The van der Waals surface area contributed by atoms with Crippen LogP contribution in [0, 0.1) is 29.1 Å². The maximum Gasteiger partial charge on any atom is 0.385 e. The summed E-state index contributed by atoms with van der Waals surface area (Å²) in [7, 11) is 0. The number of hydrogen-bond donors (Lipinski definition) is 0. The first-order chi connectivity index (χ1) is 13.7. The number of benzene rings is 3. The van der Waals surface area contributed by atoms with Crippen molar-refractivity contribution in [2.24, 2.45) is 0 Å². The van der Waals surface area contributed by atoms with Crippen LogP contribution in [-0.2, 0) is 12.8 Å². The number of hydrogen-bond acceptors (Lipinski definition) is 1. The third-order valence-corrected chi connectivity index (χ3v) is 4.53. The quantitative estimate of drug-likeness (QED) is 0.401. The highest BCUT2D eigenvalue weighted by Gasteiger charge is 2.06. The third kappa shape index (κ3) is 4.67. The molecule has 0 aliphatic rings. The smallest absolute Gasteiger partial charge is 0.0622 e. The lowest BCUT2D eigenvalue weighted by Crippen LogP contribution is -1.96. The van der Waals surface area contributed by atoms with Gasteiger partial charge >= 0.3 is 5.69 Å². The highest BCUT2D eigenvalue weighted by atomic mass is 14.8. The summed E-state index contributed by atoms with van der Waals surface area (Å²) >= 11 is 0. The van der Waals surface area contributed by atoms with Gasteiger partial charge in [-0.15, -0.1) is 0 Å². The standard InChI is InChI=1S/C26H21N2/c1-3-22-19-25(15-11-21-12-16-26(28-27)17-13-21)23(4-2)18-24(22)14-10-20-8-6-5-7-9-20/h5-9,12-13,16-19H,3-4H2,1-2H3/q+1. The first-order valence-corrected chi connectivity index (χ1v) is 9.43. The van der Waals surface area contributed by atoms with Gasteiger partial charge in [0.15, 0.2) is 4.98 Å². The van der Waals surface area contributed by atoms with Gasteiger partial charge in [0.1, 0.15) is 0 Å². The largest absolute Gasteiger partial charge is 0.385 e. The van der Waals surface area contributed by atoms with Gasteiger partial charge in [-0.2, -0.15) is 0 Å². The van der Waals surface area contributed by atoms with Crippen LogP contribution < -0.4 is 0 Å². The molecule has 3 aromatic rings. The van der Waals surface area contributed by atoms with Crippen molar-refractivity contribution in [3.63, 3.8) is 0 Å². The lowest BCUT2D eigenvalue weighted by Gasteiger charge is -2.08. The summed E-state index contributed by atoms with van der Waals surface area (Å²) < 4.78 is 0. The summed E-state index contributed by atoms with van der Waals surface area (Å²) in [6.45, 7) is 4.28. The van der Waals surface area contributed by atoms with E-state index in [-0.39, 0.29) is 0 Å². The van der Waals surface area contributed by atoms with Crippen LogP contribution in [0.3, 0.4) is 0 Å². The second kappa shape index (κ2) is 9.23. The lowest BCUT2D eigenvalue weighted by molar-refractivity contribution is 1.08. The molecule has 0 saturated heterocycles. The fourth-order valence-electron chi connectivity index (χ4n) is 2.92. The van der Waals surface area contributed by atoms with Crippen LogP contribution in [0.2, 0.25) is 0 Å². The molecule has 0 aliphatic carbocycles. The highest BCUT2D eigenvalue weighted by molar-refractivity contribution is 5.56. The average Bonchev–Trinajstić information content (AvgIpc) is 2.77. The minimum atomic E-state index is 0.523. The van der Waals surface area contributed by atoms with Crippen molar-refractivity contribution in [1.82, 2.24) is 0 Å². The van der Waals surface area contributed by atoms with Gasteiger partial charge < -0.3 is 0 Å². The number of rotatable bonds is 2. The van der Waals surface area contributed by atoms with Gasteiger partial charge in [-0.25, -0.2) is 0 Å². The van der Waals surface area contributed by atoms with Crippen molar-refractivity contribution < 1.29 is 0 Å². The van der Waals surface area contributed by atoms with Gasteiger partial charge in [0, 0.05) is 34.4 Å². The summed E-state index contributed by atoms with van der Waals surface area (Å²) in [5, 5.41) is 8.78. The van der Waals surface area contributed by atoms with Gasteiger partial charge in [-0.1, -0.05) is 55.7 Å². The molecule has 3 aromatic carbocycles. The van der Waals surface area contributed by atoms with Crippen molar-refractivity contribution in [3.8, 4) is 23.7 Å². The second-order valence-electron chi connectivity index (χ2n) is 6.39. The molecule has 0 fully saturated rings. The summed E-state index contributed by atoms with van der Waals surface area (Å²) in [5.74, 6) is 13.1. The zero-order valence-corrected chi connectivity index (χ0v) is 16.2. The zero-order valence-electron chi connectivity index (χ0n) is 16.2. The van der Waals surface area contributed by atoms with E-state index in [1.54, 1.807) is 12.1 Å². The fraction of sp³-hybridized carbons (Fsp3) is 0.154. The van der Waals surface area contributed by atoms with Gasteiger partial charge in [0.05, 0.1) is 0 Å². The Morgan fingerprint density at radius 3 is 1.64 bits per heavy atom. The Morgan fingerprint density at radius 1 is 0.679 bits per heavy atom. The Labute approximate surface area is 166 Å². The van der Waals surface area contributed by atoms with Crippen molar-refractivity contribution in [1.29, 1.82) is 5.39 Å². The molecule has 0 bridgehead atoms. The molecule has 2 heteroatoms. The van der Waals surface area contributed by atoms with E-state index in [0.29, 0.717) is 5.69 Å². The van der Waals surface area contributed by atoms with Crippen LogP contribution in [0.1, 0.15) is 47.2 Å². The van der Waals surface area contributed by atoms with Crippen molar-refractivity contribution in [2.75, 3.05) is 0 Å². The normalized spacial score (nSPS) is 9.46. The monoisotopic (exact) mass is 361 g/mol. The Hall–Kier alpha value is -3.80. The van der Waals surface area contributed by atoms with Gasteiger partial charge in [0.2, 0.25) is 5.39 Å². The van der Waals surface area contributed by atoms with Crippen molar-refractivity contribution in [3.05, 3.63) is 105 Å². The summed E-state index contributed by atoms with van der Waals surface area (Å²) in [5.41, 5.74) is 6.95. The SMILES string of the molecule is CCc1cc(C#Cc2ccc([N+]#N)cc2)c(CC)cc1C#Cc1ccccc1. The van der Waals surface area contributed by atoms with Crippen LogP contribution in [0.25, 0.3) is 4.98 Å². The molecule has 0 aliphatic heterocycles. The molecular formula is C26H21N2+. The van der Waals surface area contributed by atoms with E-state index in [0.717, 1.165) is 35.1 Å². The van der Waals surface area contributed by atoms with Crippen LogP contribution in [0.5, 0.6) is 0 Å². The predicted molar refractivity (Wildman–Crippen MR) is 115 cm³/mol. The predicted octanol–water partition coefficient (Wildman–Crippen LogP) is 6.10. The Kier molecular flexibility index (Phi) is 6.25. The van der Waals surface area contributed by atoms with Gasteiger partial charge in [0.25, 0.3) is 0 Å². The van der Waals surface area contributed by atoms with E-state index in [1.165, 1.54) is 11.1 Å². The van der Waals surface area contributed by atoms with Crippen LogP contribution in [0.4, 0.5) is 5.69 Å². The highest BCUT2D eigenvalue weighted by Crippen LogP contribution is 2.18. The fourth-order valence-corrected chi connectivity index (χ4v) is 2.92. The molecule has 2 nitrogen and oxygen atoms in total. The Balaban J connectivity index is 1.96. The van der Waals surface area contributed by atoms with E-state index in [4.69, 9.17) is 5.39 Å². The van der Waals surface area contributed by atoms with Crippen LogP contribution >= 0.6 is 0 Å². The summed E-state index contributed by atoms with van der Waals surface area (Å²) in [6, 6.07) is 21.6. The number of nitrogens with zero attached hydrogens (tertiary/aromatic N) is 2. The molecule has 0 saturated carbocycles. The number of aryl methyl sites for hydroxylation is 2. The molecular weight excluding hydrogens is 340 g/mol. The van der Waals surface area contributed by atoms with E-state index in [9.17, 15) is 0 Å². The van der Waals surface area contributed by atoms with E-state index < -0.39 is 0 Å². The minimum absolute atomic E-state index is 0.523. The number of diazo groups is 1. The topological polar surface area (TPSA) is 28.1 Å². The lowest BCUT2D eigenvalue weighted by atomic mass is 9.95. The third-order valence-electron chi connectivity index (χ3n) is 4.53. The van der Waals surface area contributed by atoms with Crippen molar-refractivity contribution in [2.45, 2.75) is 26.7 Å². The maximum absolute atomic E-state index is 8.78. The van der Waals surface area contributed by atoms with Gasteiger partial charge in [-0.05, 0) is 60.4 Å². The average molecular weight is 361 g/mol. The molecule has 0 amide bonds. The van der Waals surface area contributed by atoms with Crippen LogP contribution in [0.15, 0.2) is 66.7 Å². The molecule has 0 unspecified atom stereocenters. The molecule has 0 radical (unpaired) electrons. The molecule has 0 spiro atoms. The molecule has 134 valence electrons. The molecule has 0 N–H and O–H groups in total. The Morgan fingerprint density at radius 2 is 1.18 bits per heavy atom. The molecule has 28 heavy (non-hydrogen) atoms. The molecule has 0 aromatic heterocycles.